The lowest BCUT2D eigenvalue weighted by atomic mass is 10.3. The number of carbonyl (C=O) groups is 1. The summed E-state index contributed by atoms with van der Waals surface area (Å²) in [4.78, 5) is 27.8. The predicted molar refractivity (Wildman–Crippen MR) is 71.0 cm³/mol. The minimum absolute atomic E-state index is 0.124. The molecule has 8 nitrogen and oxygen atoms in total. The quantitative estimate of drug-likeness (QED) is 0.711. The van der Waals surface area contributed by atoms with Gasteiger partial charge in [0.1, 0.15) is 6.61 Å². The van der Waals surface area contributed by atoms with E-state index in [1.165, 1.54) is 19.5 Å². The number of nitrogens with zero attached hydrogens (tertiary/aromatic N) is 4. The van der Waals surface area contributed by atoms with E-state index < -0.39 is 5.91 Å². The van der Waals surface area contributed by atoms with E-state index in [9.17, 15) is 9.59 Å². The van der Waals surface area contributed by atoms with Crippen molar-refractivity contribution in [2.45, 2.75) is 0 Å². The number of aromatic nitrogens is 4. The number of hydrogen-bond donors (Lipinski definition) is 1. The summed E-state index contributed by atoms with van der Waals surface area (Å²) >= 11 is 0. The Morgan fingerprint density at radius 3 is 3.10 bits per heavy atom. The summed E-state index contributed by atoms with van der Waals surface area (Å²) in [5.74, 6) is -0.415. The molecule has 0 unspecified atom stereocenters. The first kappa shape index (κ1) is 12.3. The molecule has 3 rings (SSSR count). The summed E-state index contributed by atoms with van der Waals surface area (Å²) in [5, 5.41) is 4.47. The molecule has 0 aromatic carbocycles. The molecule has 0 fully saturated rings. The molecular formula is C12H11N5O3. The van der Waals surface area contributed by atoms with E-state index in [0.717, 1.165) is 4.68 Å². The van der Waals surface area contributed by atoms with Crippen molar-refractivity contribution in [3.05, 3.63) is 41.1 Å². The van der Waals surface area contributed by atoms with Gasteiger partial charge in [-0.3, -0.25) is 15.0 Å². The molecule has 0 aliphatic rings. The van der Waals surface area contributed by atoms with Crippen LogP contribution in [0.2, 0.25) is 0 Å². The number of hydrogen-bond acceptors (Lipinski definition) is 5. The normalized spacial score (nSPS) is 11.1. The van der Waals surface area contributed by atoms with Crippen LogP contribution < -0.4 is 11.0 Å². The number of carbonyl (C=O) groups excluding carboxylic acids is 1. The van der Waals surface area contributed by atoms with Crippen molar-refractivity contribution in [1.29, 1.82) is 0 Å². The summed E-state index contributed by atoms with van der Waals surface area (Å²) < 4.78 is 7.36. The van der Waals surface area contributed by atoms with Gasteiger partial charge in [-0.15, -0.1) is 0 Å². The van der Waals surface area contributed by atoms with E-state index in [-0.39, 0.29) is 12.2 Å². The van der Waals surface area contributed by atoms with Crippen LogP contribution in [0.5, 0.6) is 0 Å². The molecule has 0 spiro atoms. The first-order chi connectivity index (χ1) is 9.70. The van der Waals surface area contributed by atoms with Crippen LogP contribution in [0.15, 0.2) is 35.5 Å². The lowest BCUT2D eigenvalue weighted by Crippen LogP contribution is -2.34. The van der Waals surface area contributed by atoms with Gasteiger partial charge in [0.2, 0.25) is 0 Å². The van der Waals surface area contributed by atoms with Crippen molar-refractivity contribution in [3.8, 4) is 0 Å². The second kappa shape index (κ2) is 4.74. The van der Waals surface area contributed by atoms with E-state index in [0.29, 0.717) is 16.6 Å². The molecule has 1 amide bonds. The monoisotopic (exact) mass is 273 g/mol. The first-order valence-electron chi connectivity index (χ1n) is 5.83. The third-order valence-electron chi connectivity index (χ3n) is 2.80. The Morgan fingerprint density at radius 2 is 2.30 bits per heavy atom. The van der Waals surface area contributed by atoms with E-state index in [4.69, 9.17) is 4.74 Å². The van der Waals surface area contributed by atoms with Crippen LogP contribution in [-0.2, 0) is 9.53 Å². The molecule has 1 N–H and O–H groups in total. The average molecular weight is 273 g/mol. The molecule has 0 saturated heterocycles. The van der Waals surface area contributed by atoms with E-state index >= 15 is 0 Å². The Hall–Kier alpha value is -2.74. The number of amides is 1. The van der Waals surface area contributed by atoms with Crippen LogP contribution in [-0.4, -0.2) is 38.9 Å². The molecule has 0 aliphatic heterocycles. The maximum atomic E-state index is 12.3. The van der Waals surface area contributed by atoms with Gasteiger partial charge in [-0.2, -0.15) is 5.10 Å². The molecule has 102 valence electrons. The highest BCUT2D eigenvalue weighted by atomic mass is 16.5. The first-order valence-corrected chi connectivity index (χ1v) is 5.83. The molecule has 3 heterocycles. The second-order valence-electron chi connectivity index (χ2n) is 4.12. The highest BCUT2D eigenvalue weighted by Gasteiger charge is 2.09. The Balaban J connectivity index is 2.13. The van der Waals surface area contributed by atoms with Crippen molar-refractivity contribution in [2.75, 3.05) is 19.1 Å². The van der Waals surface area contributed by atoms with Crippen molar-refractivity contribution in [3.63, 3.8) is 0 Å². The number of nitrogens with one attached hydrogen (secondary N) is 1. The maximum Gasteiger partial charge on any atom is 0.280 e. The highest BCUT2D eigenvalue weighted by Crippen LogP contribution is 2.09. The third kappa shape index (κ3) is 1.91. The number of rotatable bonds is 3. The Morgan fingerprint density at radius 1 is 1.45 bits per heavy atom. The zero-order valence-electron chi connectivity index (χ0n) is 10.6. The molecule has 0 atom stereocenters. The SMILES string of the molecule is COCC(=O)Nn1ccc2c(cnc3ccnn32)c1=O. The average Bonchev–Trinajstić information content (AvgIpc) is 2.90. The summed E-state index contributed by atoms with van der Waals surface area (Å²) in [6.07, 6.45) is 4.54. The number of methoxy groups -OCH3 is 1. The lowest BCUT2D eigenvalue weighted by molar-refractivity contribution is -0.120. The summed E-state index contributed by atoms with van der Waals surface area (Å²) in [6.45, 7) is -0.124. The highest BCUT2D eigenvalue weighted by molar-refractivity contribution is 5.85. The van der Waals surface area contributed by atoms with E-state index in [1.54, 1.807) is 22.8 Å². The fourth-order valence-corrected chi connectivity index (χ4v) is 1.94. The Labute approximate surface area is 112 Å². The fraction of sp³-hybridized carbons (Fsp3) is 0.167. The van der Waals surface area contributed by atoms with Crippen molar-refractivity contribution >= 4 is 22.5 Å². The molecule has 0 saturated carbocycles. The lowest BCUT2D eigenvalue weighted by Gasteiger charge is -2.08. The van der Waals surface area contributed by atoms with Gasteiger partial charge < -0.3 is 4.74 Å². The fourth-order valence-electron chi connectivity index (χ4n) is 1.94. The van der Waals surface area contributed by atoms with Gasteiger partial charge in [0.15, 0.2) is 5.65 Å². The number of pyridine rings is 1. The molecule has 0 radical (unpaired) electrons. The van der Waals surface area contributed by atoms with E-state index in [1.807, 2.05) is 0 Å². The zero-order chi connectivity index (χ0) is 14.1. The van der Waals surface area contributed by atoms with Gasteiger partial charge in [-0.25, -0.2) is 14.2 Å². The van der Waals surface area contributed by atoms with Crippen LogP contribution in [0.3, 0.4) is 0 Å². The van der Waals surface area contributed by atoms with Crippen LogP contribution in [0.4, 0.5) is 0 Å². The van der Waals surface area contributed by atoms with E-state index in [2.05, 4.69) is 15.5 Å². The standard InChI is InChI=1S/C12H11N5O3/c1-20-7-11(18)15-16-5-3-9-8(12(16)19)6-13-10-2-4-14-17(9)10/h2-6H,7H2,1H3,(H,15,18). The number of ether oxygens (including phenoxy) is 1. The van der Waals surface area contributed by atoms with Crippen LogP contribution >= 0.6 is 0 Å². The van der Waals surface area contributed by atoms with Gasteiger partial charge in [-0.05, 0) is 6.07 Å². The minimum Gasteiger partial charge on any atom is -0.375 e. The summed E-state index contributed by atoms with van der Waals surface area (Å²) in [7, 11) is 1.40. The molecule has 0 aliphatic carbocycles. The third-order valence-corrected chi connectivity index (χ3v) is 2.80. The molecule has 3 aromatic rings. The van der Waals surface area contributed by atoms with Crippen LogP contribution in [0, 0.1) is 0 Å². The Bertz CT molecular complexity index is 851. The van der Waals surface area contributed by atoms with Gasteiger partial charge in [0.05, 0.1) is 17.1 Å². The minimum atomic E-state index is -0.415. The van der Waals surface area contributed by atoms with Crippen molar-refractivity contribution in [1.82, 2.24) is 19.3 Å². The molecule has 20 heavy (non-hydrogen) atoms. The van der Waals surface area contributed by atoms with Crippen molar-refractivity contribution in [2.24, 2.45) is 0 Å². The Kier molecular flexibility index (Phi) is 2.92. The molecule has 0 bridgehead atoms. The zero-order valence-corrected chi connectivity index (χ0v) is 10.6. The largest absolute Gasteiger partial charge is 0.375 e. The van der Waals surface area contributed by atoms with Gasteiger partial charge in [-0.1, -0.05) is 0 Å². The predicted octanol–water partition coefficient (Wildman–Crippen LogP) is -0.239. The molecule has 3 aromatic heterocycles. The van der Waals surface area contributed by atoms with Gasteiger partial charge >= 0.3 is 0 Å². The topological polar surface area (TPSA) is 90.5 Å². The second-order valence-corrected chi connectivity index (χ2v) is 4.12. The summed E-state index contributed by atoms with van der Waals surface area (Å²) in [6, 6.07) is 3.43. The van der Waals surface area contributed by atoms with Crippen LogP contribution in [0.1, 0.15) is 0 Å². The van der Waals surface area contributed by atoms with Gasteiger partial charge in [0.25, 0.3) is 11.5 Å². The summed E-state index contributed by atoms with van der Waals surface area (Å²) in [5.41, 5.74) is 3.33. The van der Waals surface area contributed by atoms with Crippen LogP contribution in [0.25, 0.3) is 16.6 Å². The van der Waals surface area contributed by atoms with Gasteiger partial charge in [0, 0.05) is 25.6 Å². The van der Waals surface area contributed by atoms with Crippen molar-refractivity contribution < 1.29 is 9.53 Å². The smallest absolute Gasteiger partial charge is 0.280 e. The molecule has 8 heteroatoms. The number of fused-ring (bicyclic) bond motifs is 3. The maximum absolute atomic E-state index is 12.3. The molecular weight excluding hydrogens is 262 g/mol.